The highest BCUT2D eigenvalue weighted by Crippen LogP contribution is 2.19. The summed E-state index contributed by atoms with van der Waals surface area (Å²) in [6.07, 6.45) is 6.27. The van der Waals surface area contributed by atoms with E-state index in [9.17, 15) is 0 Å². The van der Waals surface area contributed by atoms with Crippen LogP contribution >= 0.6 is 0 Å². The lowest BCUT2D eigenvalue weighted by Crippen LogP contribution is -2.16. The van der Waals surface area contributed by atoms with E-state index >= 15 is 0 Å². The molecule has 1 aliphatic rings. The quantitative estimate of drug-likeness (QED) is 0.856. The van der Waals surface area contributed by atoms with Crippen molar-refractivity contribution in [2.75, 3.05) is 0 Å². The smallest absolute Gasteiger partial charge is 0.138 e. The molecule has 0 radical (unpaired) electrons. The maximum Gasteiger partial charge on any atom is 0.138 e. The van der Waals surface area contributed by atoms with Crippen molar-refractivity contribution in [3.05, 3.63) is 42.0 Å². The summed E-state index contributed by atoms with van der Waals surface area (Å²) in [7, 11) is 1.90. The number of aromatic nitrogens is 3. The zero-order chi connectivity index (χ0) is 13.1. The summed E-state index contributed by atoms with van der Waals surface area (Å²) in [6.45, 7) is 1.31. The Balaban J connectivity index is 1.50. The lowest BCUT2D eigenvalue weighted by atomic mass is 10.3. The second-order valence-corrected chi connectivity index (χ2v) is 4.91. The molecule has 0 amide bonds. The van der Waals surface area contributed by atoms with Crippen LogP contribution in [0.5, 0.6) is 5.75 Å². The summed E-state index contributed by atoms with van der Waals surface area (Å²) in [5, 5.41) is 7.70. The molecule has 0 saturated heterocycles. The highest BCUT2D eigenvalue weighted by molar-refractivity contribution is 5.20. The van der Waals surface area contributed by atoms with Crippen molar-refractivity contribution in [3.8, 4) is 5.75 Å². The first-order valence-electron chi connectivity index (χ1n) is 6.59. The Morgan fingerprint density at radius 2 is 2.21 bits per heavy atom. The lowest BCUT2D eigenvalue weighted by Gasteiger charge is -2.06. The van der Waals surface area contributed by atoms with E-state index in [1.54, 1.807) is 10.9 Å². The van der Waals surface area contributed by atoms with Crippen molar-refractivity contribution in [1.82, 2.24) is 20.1 Å². The highest BCUT2D eigenvalue weighted by Gasteiger charge is 2.19. The third-order valence-corrected chi connectivity index (χ3v) is 3.10. The van der Waals surface area contributed by atoms with Crippen molar-refractivity contribution < 1.29 is 4.74 Å². The number of ether oxygens (including phenoxy) is 1. The third kappa shape index (κ3) is 3.54. The normalized spacial score (nSPS) is 14.6. The molecule has 0 unspecified atom stereocenters. The second kappa shape index (κ2) is 5.40. The minimum absolute atomic E-state index is 0.474. The number of hydrogen-bond acceptors (Lipinski definition) is 4. The molecular weight excluding hydrogens is 240 g/mol. The number of nitrogens with zero attached hydrogens (tertiary/aromatic N) is 3. The number of hydrogen-bond donors (Lipinski definition) is 1. The van der Waals surface area contributed by atoms with Gasteiger partial charge in [-0.25, -0.2) is 0 Å². The SMILES string of the molecule is Cn1ccc(COc2ccc(CNC3CC3)nc2)n1. The number of nitrogens with one attached hydrogen (secondary N) is 1. The number of pyridine rings is 1. The molecule has 1 aliphatic carbocycles. The molecule has 5 nitrogen and oxygen atoms in total. The van der Waals surface area contributed by atoms with Crippen LogP contribution in [0.25, 0.3) is 0 Å². The molecule has 0 aliphatic heterocycles. The van der Waals surface area contributed by atoms with Gasteiger partial charge in [0.1, 0.15) is 12.4 Å². The molecule has 2 aromatic rings. The van der Waals surface area contributed by atoms with Crippen molar-refractivity contribution in [1.29, 1.82) is 0 Å². The van der Waals surface area contributed by atoms with Gasteiger partial charge in [0.15, 0.2) is 0 Å². The van der Waals surface area contributed by atoms with Crippen LogP contribution in [-0.4, -0.2) is 20.8 Å². The van der Waals surface area contributed by atoms with Crippen LogP contribution in [0.15, 0.2) is 30.6 Å². The van der Waals surface area contributed by atoms with Crippen LogP contribution in [-0.2, 0) is 20.2 Å². The largest absolute Gasteiger partial charge is 0.486 e. The maximum atomic E-state index is 5.64. The van der Waals surface area contributed by atoms with Gasteiger partial charge in [-0.05, 0) is 31.0 Å². The first kappa shape index (κ1) is 12.2. The minimum Gasteiger partial charge on any atom is -0.486 e. The fourth-order valence-corrected chi connectivity index (χ4v) is 1.83. The van der Waals surface area contributed by atoms with E-state index < -0.39 is 0 Å². The molecule has 0 aromatic carbocycles. The predicted molar refractivity (Wildman–Crippen MR) is 71.6 cm³/mol. The Bertz CT molecular complexity index is 531. The fraction of sp³-hybridized carbons (Fsp3) is 0.429. The van der Waals surface area contributed by atoms with Crippen LogP contribution in [0.4, 0.5) is 0 Å². The molecule has 19 heavy (non-hydrogen) atoms. The van der Waals surface area contributed by atoms with Gasteiger partial charge in [0, 0.05) is 25.8 Å². The Labute approximate surface area is 112 Å². The van der Waals surface area contributed by atoms with E-state index in [1.165, 1.54) is 12.8 Å². The summed E-state index contributed by atoms with van der Waals surface area (Å²) in [6, 6.07) is 6.62. The van der Waals surface area contributed by atoms with E-state index in [0.717, 1.165) is 23.7 Å². The summed E-state index contributed by atoms with van der Waals surface area (Å²) in [5.74, 6) is 0.779. The summed E-state index contributed by atoms with van der Waals surface area (Å²) in [4.78, 5) is 4.38. The first-order chi connectivity index (χ1) is 9.29. The van der Waals surface area contributed by atoms with Gasteiger partial charge in [0.05, 0.1) is 17.6 Å². The Morgan fingerprint density at radius 1 is 1.32 bits per heavy atom. The standard InChI is InChI=1S/C14H18N4O/c1-18-7-6-13(17-18)10-19-14-5-4-12(16-9-14)8-15-11-2-3-11/h4-7,9,11,15H,2-3,8,10H2,1H3. The average molecular weight is 258 g/mol. The molecule has 3 rings (SSSR count). The Kier molecular flexibility index (Phi) is 3.46. The first-order valence-corrected chi connectivity index (χ1v) is 6.59. The topological polar surface area (TPSA) is 52.0 Å². The van der Waals surface area contributed by atoms with E-state index in [4.69, 9.17) is 4.74 Å². The lowest BCUT2D eigenvalue weighted by molar-refractivity contribution is 0.298. The second-order valence-electron chi connectivity index (χ2n) is 4.91. The van der Waals surface area contributed by atoms with Crippen LogP contribution in [0.1, 0.15) is 24.2 Å². The molecule has 0 spiro atoms. The Morgan fingerprint density at radius 3 is 2.84 bits per heavy atom. The van der Waals surface area contributed by atoms with Gasteiger partial charge in [0.25, 0.3) is 0 Å². The van der Waals surface area contributed by atoms with Gasteiger partial charge in [-0.2, -0.15) is 5.10 Å². The average Bonchev–Trinajstić information content (AvgIpc) is 3.17. The number of rotatable bonds is 6. The van der Waals surface area contributed by atoms with Crippen LogP contribution in [0, 0.1) is 0 Å². The third-order valence-electron chi connectivity index (χ3n) is 3.10. The van der Waals surface area contributed by atoms with E-state index in [-0.39, 0.29) is 0 Å². The van der Waals surface area contributed by atoms with Crippen molar-refractivity contribution in [2.24, 2.45) is 7.05 Å². The van der Waals surface area contributed by atoms with E-state index in [1.807, 2.05) is 31.4 Å². The van der Waals surface area contributed by atoms with Crippen molar-refractivity contribution in [3.63, 3.8) is 0 Å². The predicted octanol–water partition coefficient (Wildman–Crippen LogP) is 1.65. The van der Waals surface area contributed by atoms with Crippen molar-refractivity contribution in [2.45, 2.75) is 32.0 Å². The molecule has 1 saturated carbocycles. The van der Waals surface area contributed by atoms with Crippen LogP contribution < -0.4 is 10.1 Å². The monoisotopic (exact) mass is 258 g/mol. The zero-order valence-electron chi connectivity index (χ0n) is 11.0. The Hall–Kier alpha value is -1.88. The van der Waals surface area contributed by atoms with Gasteiger partial charge in [-0.3, -0.25) is 9.67 Å². The minimum atomic E-state index is 0.474. The molecule has 2 aromatic heterocycles. The van der Waals surface area contributed by atoms with E-state index in [2.05, 4.69) is 15.4 Å². The van der Waals surface area contributed by atoms with Crippen LogP contribution in [0.3, 0.4) is 0 Å². The molecular formula is C14H18N4O. The molecule has 1 fully saturated rings. The molecule has 2 heterocycles. The van der Waals surface area contributed by atoms with E-state index in [0.29, 0.717) is 12.6 Å². The molecule has 5 heteroatoms. The maximum absolute atomic E-state index is 5.64. The van der Waals surface area contributed by atoms with Gasteiger partial charge >= 0.3 is 0 Å². The fourth-order valence-electron chi connectivity index (χ4n) is 1.83. The molecule has 100 valence electrons. The summed E-state index contributed by atoms with van der Waals surface area (Å²) in [5.41, 5.74) is 1.97. The van der Waals surface area contributed by atoms with Gasteiger partial charge in [-0.15, -0.1) is 0 Å². The zero-order valence-corrected chi connectivity index (χ0v) is 11.0. The number of aryl methyl sites for hydroxylation is 1. The van der Waals surface area contributed by atoms with Crippen molar-refractivity contribution >= 4 is 0 Å². The summed E-state index contributed by atoms with van der Waals surface area (Å²) < 4.78 is 7.41. The molecule has 0 bridgehead atoms. The highest BCUT2D eigenvalue weighted by atomic mass is 16.5. The van der Waals surface area contributed by atoms with Gasteiger partial charge in [0.2, 0.25) is 0 Å². The molecule has 1 N–H and O–H groups in total. The van der Waals surface area contributed by atoms with Gasteiger partial charge in [-0.1, -0.05) is 0 Å². The van der Waals surface area contributed by atoms with Crippen LogP contribution in [0.2, 0.25) is 0 Å². The summed E-state index contributed by atoms with van der Waals surface area (Å²) >= 11 is 0. The van der Waals surface area contributed by atoms with Gasteiger partial charge < -0.3 is 10.1 Å². The molecule has 0 atom stereocenters.